The zero-order valence-corrected chi connectivity index (χ0v) is 13.1. The van der Waals surface area contributed by atoms with Gasteiger partial charge in [-0.1, -0.05) is 40.2 Å². The molecule has 2 aromatic carbocycles. The van der Waals surface area contributed by atoms with Gasteiger partial charge in [0.25, 0.3) is 0 Å². The Morgan fingerprint density at radius 2 is 1.52 bits per heavy atom. The SMILES string of the molecule is CC(=O)Nc1ccccc1NC(=O)Cc1ccc(Br)cc1. The van der Waals surface area contributed by atoms with Gasteiger partial charge in [-0.05, 0) is 29.8 Å². The molecule has 5 heteroatoms. The molecule has 108 valence electrons. The van der Waals surface area contributed by atoms with Gasteiger partial charge < -0.3 is 10.6 Å². The molecule has 2 aromatic rings. The first-order chi connectivity index (χ1) is 10.0. The van der Waals surface area contributed by atoms with Crippen molar-refractivity contribution in [2.75, 3.05) is 10.6 Å². The maximum Gasteiger partial charge on any atom is 0.228 e. The Morgan fingerprint density at radius 3 is 2.10 bits per heavy atom. The smallest absolute Gasteiger partial charge is 0.228 e. The monoisotopic (exact) mass is 346 g/mol. The van der Waals surface area contributed by atoms with Gasteiger partial charge in [-0.15, -0.1) is 0 Å². The van der Waals surface area contributed by atoms with Crippen molar-refractivity contribution in [1.29, 1.82) is 0 Å². The lowest BCUT2D eigenvalue weighted by molar-refractivity contribution is -0.116. The highest BCUT2D eigenvalue weighted by atomic mass is 79.9. The predicted molar refractivity (Wildman–Crippen MR) is 87.2 cm³/mol. The molecule has 2 amide bonds. The zero-order valence-electron chi connectivity index (χ0n) is 11.5. The van der Waals surface area contributed by atoms with E-state index < -0.39 is 0 Å². The van der Waals surface area contributed by atoms with Crippen LogP contribution in [0.1, 0.15) is 12.5 Å². The number of hydrogen-bond acceptors (Lipinski definition) is 2. The van der Waals surface area contributed by atoms with Gasteiger partial charge >= 0.3 is 0 Å². The molecule has 0 unspecified atom stereocenters. The summed E-state index contributed by atoms with van der Waals surface area (Å²) in [5.41, 5.74) is 2.11. The quantitative estimate of drug-likeness (QED) is 0.888. The Hall–Kier alpha value is -2.14. The maximum atomic E-state index is 12.1. The molecule has 0 radical (unpaired) electrons. The summed E-state index contributed by atoms with van der Waals surface area (Å²) in [7, 11) is 0. The van der Waals surface area contributed by atoms with Gasteiger partial charge in [0.05, 0.1) is 17.8 Å². The number of nitrogens with one attached hydrogen (secondary N) is 2. The molecule has 0 bridgehead atoms. The van der Waals surface area contributed by atoms with Crippen LogP contribution in [0.2, 0.25) is 0 Å². The summed E-state index contributed by atoms with van der Waals surface area (Å²) in [6, 6.07) is 14.7. The van der Waals surface area contributed by atoms with Gasteiger partial charge in [-0.25, -0.2) is 0 Å². The van der Waals surface area contributed by atoms with Crippen LogP contribution in [-0.4, -0.2) is 11.8 Å². The van der Waals surface area contributed by atoms with Crippen LogP contribution in [0.4, 0.5) is 11.4 Å². The molecule has 0 atom stereocenters. The fraction of sp³-hybridized carbons (Fsp3) is 0.125. The van der Waals surface area contributed by atoms with E-state index in [1.165, 1.54) is 6.92 Å². The van der Waals surface area contributed by atoms with Gasteiger partial charge in [-0.3, -0.25) is 9.59 Å². The third-order valence-electron chi connectivity index (χ3n) is 2.79. The summed E-state index contributed by atoms with van der Waals surface area (Å²) in [6.45, 7) is 1.43. The van der Waals surface area contributed by atoms with E-state index in [1.54, 1.807) is 24.3 Å². The van der Waals surface area contributed by atoms with Gasteiger partial charge in [0.15, 0.2) is 0 Å². The first kappa shape index (κ1) is 15.3. The number of halogens is 1. The zero-order chi connectivity index (χ0) is 15.2. The molecule has 2 N–H and O–H groups in total. The molecule has 0 aliphatic rings. The largest absolute Gasteiger partial charge is 0.325 e. The number of hydrogen-bond donors (Lipinski definition) is 2. The average molecular weight is 347 g/mol. The molecule has 0 heterocycles. The van der Waals surface area contributed by atoms with Crippen LogP contribution in [0, 0.1) is 0 Å². The summed E-state index contributed by atoms with van der Waals surface area (Å²) < 4.78 is 0.975. The average Bonchev–Trinajstić information content (AvgIpc) is 2.43. The molecule has 0 aromatic heterocycles. The topological polar surface area (TPSA) is 58.2 Å². The van der Waals surface area contributed by atoms with Crippen LogP contribution < -0.4 is 10.6 Å². The number of carbonyl (C=O) groups is 2. The number of benzene rings is 2. The van der Waals surface area contributed by atoms with Crippen LogP contribution in [0.3, 0.4) is 0 Å². The van der Waals surface area contributed by atoms with Crippen LogP contribution in [0.5, 0.6) is 0 Å². The molecule has 0 aliphatic heterocycles. The summed E-state index contributed by atoms with van der Waals surface area (Å²) in [6.07, 6.45) is 0.279. The van der Waals surface area contributed by atoms with Gasteiger partial charge in [0.1, 0.15) is 0 Å². The molecule has 21 heavy (non-hydrogen) atoms. The van der Waals surface area contributed by atoms with Crippen molar-refractivity contribution < 1.29 is 9.59 Å². The third-order valence-corrected chi connectivity index (χ3v) is 3.32. The Labute approximate surface area is 131 Å². The summed E-state index contributed by atoms with van der Waals surface area (Å²) in [5, 5.41) is 5.50. The number of amides is 2. The molecule has 0 saturated carbocycles. The van der Waals surface area contributed by atoms with Crippen molar-refractivity contribution >= 4 is 39.1 Å². The second-order valence-corrected chi connectivity index (χ2v) is 5.49. The molecule has 0 spiro atoms. The Bertz CT molecular complexity index is 654. The lowest BCUT2D eigenvalue weighted by Gasteiger charge is -2.11. The van der Waals surface area contributed by atoms with E-state index in [0.717, 1.165) is 10.0 Å². The third kappa shape index (κ3) is 4.72. The Balaban J connectivity index is 2.05. The minimum absolute atomic E-state index is 0.130. The van der Waals surface area contributed by atoms with Gasteiger partial charge in [0.2, 0.25) is 11.8 Å². The van der Waals surface area contributed by atoms with E-state index in [-0.39, 0.29) is 18.2 Å². The standard InChI is InChI=1S/C16H15BrN2O2/c1-11(20)18-14-4-2-3-5-15(14)19-16(21)10-12-6-8-13(17)9-7-12/h2-9H,10H2,1H3,(H,18,20)(H,19,21). The van der Waals surface area contributed by atoms with Crippen molar-refractivity contribution in [2.24, 2.45) is 0 Å². The number of para-hydroxylation sites is 2. The van der Waals surface area contributed by atoms with E-state index >= 15 is 0 Å². The normalized spacial score (nSPS) is 10.0. The van der Waals surface area contributed by atoms with E-state index in [0.29, 0.717) is 11.4 Å². The lowest BCUT2D eigenvalue weighted by Crippen LogP contribution is -2.16. The van der Waals surface area contributed by atoms with E-state index in [2.05, 4.69) is 26.6 Å². The highest BCUT2D eigenvalue weighted by Crippen LogP contribution is 2.21. The molecule has 0 saturated heterocycles. The fourth-order valence-electron chi connectivity index (χ4n) is 1.87. The molecule has 0 fully saturated rings. The van der Waals surface area contributed by atoms with Crippen LogP contribution in [-0.2, 0) is 16.0 Å². The number of anilines is 2. The first-order valence-electron chi connectivity index (χ1n) is 6.45. The fourth-order valence-corrected chi connectivity index (χ4v) is 2.14. The van der Waals surface area contributed by atoms with E-state index in [9.17, 15) is 9.59 Å². The van der Waals surface area contributed by atoms with Gasteiger partial charge in [-0.2, -0.15) is 0 Å². The molecule has 4 nitrogen and oxygen atoms in total. The second kappa shape index (κ2) is 7.04. The van der Waals surface area contributed by atoms with E-state index in [4.69, 9.17) is 0 Å². The first-order valence-corrected chi connectivity index (χ1v) is 7.25. The lowest BCUT2D eigenvalue weighted by atomic mass is 10.1. The van der Waals surface area contributed by atoms with Gasteiger partial charge in [0, 0.05) is 11.4 Å². The maximum absolute atomic E-state index is 12.1. The predicted octanol–water partition coefficient (Wildman–Crippen LogP) is 3.59. The van der Waals surface area contributed by atoms with Crippen molar-refractivity contribution in [3.8, 4) is 0 Å². The summed E-state index contributed by atoms with van der Waals surface area (Å²) in [5.74, 6) is -0.306. The summed E-state index contributed by atoms with van der Waals surface area (Å²) >= 11 is 3.36. The minimum atomic E-state index is -0.176. The van der Waals surface area contributed by atoms with Crippen molar-refractivity contribution in [3.05, 3.63) is 58.6 Å². The Morgan fingerprint density at radius 1 is 0.952 bits per heavy atom. The van der Waals surface area contributed by atoms with Crippen molar-refractivity contribution in [2.45, 2.75) is 13.3 Å². The molecular formula is C16H15BrN2O2. The highest BCUT2D eigenvalue weighted by molar-refractivity contribution is 9.10. The number of rotatable bonds is 4. The molecule has 0 aliphatic carbocycles. The summed E-state index contributed by atoms with van der Waals surface area (Å²) in [4.78, 5) is 23.2. The highest BCUT2D eigenvalue weighted by Gasteiger charge is 2.08. The molecule has 2 rings (SSSR count). The Kier molecular flexibility index (Phi) is 5.11. The van der Waals surface area contributed by atoms with E-state index in [1.807, 2.05) is 24.3 Å². The molecular weight excluding hydrogens is 332 g/mol. The van der Waals surface area contributed by atoms with Crippen LogP contribution in [0.15, 0.2) is 53.0 Å². The van der Waals surface area contributed by atoms with Crippen LogP contribution in [0.25, 0.3) is 0 Å². The van der Waals surface area contributed by atoms with Crippen LogP contribution >= 0.6 is 15.9 Å². The van der Waals surface area contributed by atoms with Crippen molar-refractivity contribution in [3.63, 3.8) is 0 Å². The van der Waals surface area contributed by atoms with Crippen molar-refractivity contribution in [1.82, 2.24) is 0 Å². The number of carbonyl (C=O) groups excluding carboxylic acids is 2. The second-order valence-electron chi connectivity index (χ2n) is 4.58. The minimum Gasteiger partial charge on any atom is -0.325 e.